The van der Waals surface area contributed by atoms with E-state index >= 15 is 0 Å². The van der Waals surface area contributed by atoms with E-state index in [4.69, 9.17) is 4.42 Å². The van der Waals surface area contributed by atoms with Crippen LogP contribution in [0.2, 0.25) is 0 Å². The van der Waals surface area contributed by atoms with E-state index in [-0.39, 0.29) is 0 Å². The van der Waals surface area contributed by atoms with Crippen molar-refractivity contribution in [3.63, 3.8) is 0 Å². The molecule has 0 bridgehead atoms. The van der Waals surface area contributed by atoms with Crippen LogP contribution in [-0.4, -0.2) is 15.0 Å². The van der Waals surface area contributed by atoms with Crippen molar-refractivity contribution in [2.75, 3.05) is 0 Å². The Hall–Kier alpha value is -1.82. The van der Waals surface area contributed by atoms with Gasteiger partial charge in [0.2, 0.25) is 0 Å². The molecule has 0 radical (unpaired) electrons. The summed E-state index contributed by atoms with van der Waals surface area (Å²) in [6, 6.07) is 5.44. The highest BCUT2D eigenvalue weighted by atomic mass is 79.9. The van der Waals surface area contributed by atoms with Crippen LogP contribution in [0.3, 0.4) is 0 Å². The minimum absolute atomic E-state index is 0.450. The largest absolute Gasteiger partial charge is 0.417 e. The summed E-state index contributed by atoms with van der Waals surface area (Å²) in [5.74, 6) is 0.377. The first-order valence-corrected chi connectivity index (χ1v) is 5.78. The Morgan fingerprint density at radius 1 is 1.35 bits per heavy atom. The summed E-state index contributed by atoms with van der Waals surface area (Å²) in [5, 5.41) is 0. The maximum absolute atomic E-state index is 11.1. The predicted octanol–water partition coefficient (Wildman–Crippen LogP) is 2.58. The third kappa shape index (κ3) is 1.70. The number of aromatic amines is 2. The molecular weight excluding hydrogens is 286 g/mol. The number of fused-ring (bicyclic) bond motifs is 1. The standard InChI is InChI=1S/C11H8BrN3O2/c1-5-13-9(10(12)14-5)6-2-3-8-7(4-6)15-11(16)17-8/h2-4H,1H3,(H,13,14)(H,15,16). The number of nitrogens with zero attached hydrogens (tertiary/aromatic N) is 1. The molecule has 86 valence electrons. The Labute approximate surface area is 104 Å². The molecule has 2 heterocycles. The third-order valence-corrected chi connectivity index (χ3v) is 3.04. The van der Waals surface area contributed by atoms with Crippen molar-refractivity contribution in [2.45, 2.75) is 6.92 Å². The molecular formula is C11H8BrN3O2. The fraction of sp³-hybridized carbons (Fsp3) is 0.0909. The Morgan fingerprint density at radius 2 is 2.18 bits per heavy atom. The molecule has 0 aliphatic rings. The average Bonchev–Trinajstić information content (AvgIpc) is 2.78. The molecule has 0 unspecified atom stereocenters. The van der Waals surface area contributed by atoms with Gasteiger partial charge in [-0.15, -0.1) is 0 Å². The van der Waals surface area contributed by atoms with Crippen LogP contribution >= 0.6 is 15.9 Å². The van der Waals surface area contributed by atoms with Gasteiger partial charge in [-0.25, -0.2) is 9.78 Å². The van der Waals surface area contributed by atoms with Gasteiger partial charge in [-0.1, -0.05) is 0 Å². The van der Waals surface area contributed by atoms with Gasteiger partial charge in [-0.05, 0) is 41.1 Å². The maximum Gasteiger partial charge on any atom is 0.417 e. The zero-order valence-electron chi connectivity index (χ0n) is 8.87. The molecule has 3 aromatic rings. The van der Waals surface area contributed by atoms with Crippen molar-refractivity contribution in [3.05, 3.63) is 39.2 Å². The average molecular weight is 294 g/mol. The lowest BCUT2D eigenvalue weighted by Gasteiger charge is -1.96. The lowest BCUT2D eigenvalue weighted by molar-refractivity contribution is 0.555. The first-order chi connectivity index (χ1) is 8.13. The summed E-state index contributed by atoms with van der Waals surface area (Å²) in [6.45, 7) is 1.88. The molecule has 0 spiro atoms. The van der Waals surface area contributed by atoms with Gasteiger partial charge in [0, 0.05) is 5.56 Å². The topological polar surface area (TPSA) is 74.7 Å². The van der Waals surface area contributed by atoms with E-state index in [2.05, 4.69) is 30.9 Å². The Bertz CT molecular complexity index is 754. The molecule has 0 saturated carbocycles. The number of hydrogen-bond acceptors (Lipinski definition) is 3. The lowest BCUT2D eigenvalue weighted by Crippen LogP contribution is -1.92. The van der Waals surface area contributed by atoms with E-state index in [1.807, 2.05) is 19.1 Å². The molecule has 0 saturated heterocycles. The number of nitrogens with one attached hydrogen (secondary N) is 2. The van der Waals surface area contributed by atoms with Crippen LogP contribution in [0.1, 0.15) is 5.82 Å². The van der Waals surface area contributed by atoms with E-state index in [0.717, 1.165) is 21.7 Å². The second-order valence-electron chi connectivity index (χ2n) is 3.71. The Balaban J connectivity index is 2.23. The number of benzene rings is 1. The van der Waals surface area contributed by atoms with Crippen LogP contribution in [0.25, 0.3) is 22.4 Å². The summed E-state index contributed by atoms with van der Waals surface area (Å²) in [6.07, 6.45) is 0. The third-order valence-electron chi connectivity index (χ3n) is 2.47. The van der Waals surface area contributed by atoms with Gasteiger partial charge in [0.05, 0.1) is 5.52 Å². The molecule has 2 aromatic heterocycles. The van der Waals surface area contributed by atoms with Crippen LogP contribution in [0.5, 0.6) is 0 Å². The van der Waals surface area contributed by atoms with Crippen LogP contribution in [-0.2, 0) is 0 Å². The maximum atomic E-state index is 11.1. The number of hydrogen-bond donors (Lipinski definition) is 2. The SMILES string of the molecule is Cc1nc(-c2ccc3oc(=O)[nH]c3c2)c(Br)[nH]1. The molecule has 0 aliphatic carbocycles. The molecule has 17 heavy (non-hydrogen) atoms. The highest BCUT2D eigenvalue weighted by molar-refractivity contribution is 9.10. The number of halogens is 1. The fourth-order valence-electron chi connectivity index (χ4n) is 1.75. The van der Waals surface area contributed by atoms with Crippen molar-refractivity contribution in [3.8, 4) is 11.3 Å². The van der Waals surface area contributed by atoms with Crippen molar-refractivity contribution in [1.29, 1.82) is 0 Å². The summed E-state index contributed by atoms with van der Waals surface area (Å²) < 4.78 is 5.76. The van der Waals surface area contributed by atoms with Crippen molar-refractivity contribution >= 4 is 27.0 Å². The molecule has 6 heteroatoms. The van der Waals surface area contributed by atoms with E-state index in [1.54, 1.807) is 6.07 Å². The molecule has 0 atom stereocenters. The number of imidazole rings is 1. The second-order valence-corrected chi connectivity index (χ2v) is 4.50. The van der Waals surface area contributed by atoms with Crippen molar-refractivity contribution in [2.24, 2.45) is 0 Å². The lowest BCUT2D eigenvalue weighted by atomic mass is 10.1. The highest BCUT2D eigenvalue weighted by Gasteiger charge is 2.10. The van der Waals surface area contributed by atoms with E-state index in [9.17, 15) is 4.79 Å². The minimum Gasteiger partial charge on any atom is -0.408 e. The number of aromatic nitrogens is 3. The summed E-state index contributed by atoms with van der Waals surface area (Å²) >= 11 is 3.41. The number of H-pyrrole nitrogens is 2. The predicted molar refractivity (Wildman–Crippen MR) is 66.9 cm³/mol. The fourth-order valence-corrected chi connectivity index (χ4v) is 2.36. The number of aryl methyl sites for hydroxylation is 1. The molecule has 5 nitrogen and oxygen atoms in total. The first-order valence-electron chi connectivity index (χ1n) is 4.99. The smallest absolute Gasteiger partial charge is 0.408 e. The van der Waals surface area contributed by atoms with Gasteiger partial charge < -0.3 is 9.40 Å². The van der Waals surface area contributed by atoms with Gasteiger partial charge in [-0.2, -0.15) is 0 Å². The quantitative estimate of drug-likeness (QED) is 0.724. The van der Waals surface area contributed by atoms with E-state index in [1.165, 1.54) is 0 Å². The molecule has 0 aliphatic heterocycles. The molecule has 0 fully saturated rings. The van der Waals surface area contributed by atoms with Crippen molar-refractivity contribution < 1.29 is 4.42 Å². The summed E-state index contributed by atoms with van der Waals surface area (Å²) in [5.41, 5.74) is 2.93. The Kier molecular flexibility index (Phi) is 2.19. The monoisotopic (exact) mass is 293 g/mol. The van der Waals surface area contributed by atoms with Gasteiger partial charge in [0.1, 0.15) is 16.1 Å². The van der Waals surface area contributed by atoms with Gasteiger partial charge in [-0.3, -0.25) is 4.98 Å². The molecule has 0 amide bonds. The van der Waals surface area contributed by atoms with Crippen molar-refractivity contribution in [1.82, 2.24) is 15.0 Å². The number of oxazole rings is 1. The first kappa shape index (κ1) is 10.3. The van der Waals surface area contributed by atoms with Gasteiger partial charge >= 0.3 is 5.76 Å². The summed E-state index contributed by atoms with van der Waals surface area (Å²) in [7, 11) is 0. The van der Waals surface area contributed by atoms with E-state index in [0.29, 0.717) is 11.1 Å². The summed E-state index contributed by atoms with van der Waals surface area (Å²) in [4.78, 5) is 21.1. The zero-order chi connectivity index (χ0) is 12.0. The molecule has 1 aromatic carbocycles. The molecule has 2 N–H and O–H groups in total. The molecule has 3 rings (SSSR count). The van der Waals surface area contributed by atoms with Crippen LogP contribution in [0.4, 0.5) is 0 Å². The van der Waals surface area contributed by atoms with Crippen LogP contribution in [0.15, 0.2) is 32.0 Å². The van der Waals surface area contributed by atoms with Crippen LogP contribution in [0, 0.1) is 6.92 Å². The Morgan fingerprint density at radius 3 is 2.88 bits per heavy atom. The van der Waals surface area contributed by atoms with Gasteiger partial charge in [0.25, 0.3) is 0 Å². The normalized spacial score (nSPS) is 11.2. The van der Waals surface area contributed by atoms with Crippen LogP contribution < -0.4 is 5.76 Å². The highest BCUT2D eigenvalue weighted by Crippen LogP contribution is 2.27. The van der Waals surface area contributed by atoms with Gasteiger partial charge in [0.15, 0.2) is 5.58 Å². The zero-order valence-corrected chi connectivity index (χ0v) is 10.5. The minimum atomic E-state index is -0.450. The second kappa shape index (κ2) is 3.59. The van der Waals surface area contributed by atoms with E-state index < -0.39 is 5.76 Å². The number of rotatable bonds is 1.